The SMILES string of the molecule is CCC(CC(=O)O)NC(=O)N1CCS(=O)(=O)CC1C. The summed E-state index contributed by atoms with van der Waals surface area (Å²) in [6.45, 7) is 3.62. The highest BCUT2D eigenvalue weighted by atomic mass is 32.2. The van der Waals surface area contributed by atoms with Crippen molar-refractivity contribution in [2.45, 2.75) is 38.8 Å². The maximum absolute atomic E-state index is 12.0. The Morgan fingerprint density at radius 1 is 1.47 bits per heavy atom. The molecule has 0 saturated carbocycles. The molecule has 0 spiro atoms. The van der Waals surface area contributed by atoms with Crippen LogP contribution in [0.25, 0.3) is 0 Å². The molecular formula is C11H20N2O5S. The first-order valence-electron chi connectivity index (χ1n) is 6.24. The third kappa shape index (κ3) is 4.70. The molecule has 2 N–H and O–H groups in total. The Balaban J connectivity index is 2.60. The van der Waals surface area contributed by atoms with Crippen LogP contribution in [0.1, 0.15) is 26.7 Å². The molecule has 0 aromatic rings. The molecule has 19 heavy (non-hydrogen) atoms. The van der Waals surface area contributed by atoms with E-state index in [2.05, 4.69) is 5.32 Å². The van der Waals surface area contributed by atoms with E-state index in [1.54, 1.807) is 13.8 Å². The van der Waals surface area contributed by atoms with Crippen molar-refractivity contribution in [3.63, 3.8) is 0 Å². The van der Waals surface area contributed by atoms with Crippen LogP contribution >= 0.6 is 0 Å². The zero-order chi connectivity index (χ0) is 14.6. The maximum Gasteiger partial charge on any atom is 0.317 e. The Kier molecular flexibility index (Phi) is 5.16. The number of carbonyl (C=O) groups excluding carboxylic acids is 1. The molecule has 110 valence electrons. The number of nitrogens with zero attached hydrogens (tertiary/aromatic N) is 1. The molecule has 8 heteroatoms. The molecule has 0 aliphatic carbocycles. The number of hydrogen-bond donors (Lipinski definition) is 2. The average molecular weight is 292 g/mol. The molecule has 2 amide bonds. The zero-order valence-corrected chi connectivity index (χ0v) is 11.9. The van der Waals surface area contributed by atoms with Gasteiger partial charge in [0.1, 0.15) is 0 Å². The lowest BCUT2D eigenvalue weighted by Crippen LogP contribution is -2.55. The highest BCUT2D eigenvalue weighted by Crippen LogP contribution is 2.12. The first-order chi connectivity index (χ1) is 8.75. The van der Waals surface area contributed by atoms with Crippen molar-refractivity contribution in [1.82, 2.24) is 10.2 Å². The maximum atomic E-state index is 12.0. The molecule has 1 heterocycles. The van der Waals surface area contributed by atoms with E-state index >= 15 is 0 Å². The van der Waals surface area contributed by atoms with Gasteiger partial charge >= 0.3 is 12.0 Å². The molecule has 1 aliphatic heterocycles. The minimum Gasteiger partial charge on any atom is -0.481 e. The number of amides is 2. The second kappa shape index (κ2) is 6.23. The van der Waals surface area contributed by atoms with Gasteiger partial charge in [-0.25, -0.2) is 13.2 Å². The van der Waals surface area contributed by atoms with Gasteiger partial charge in [0.15, 0.2) is 9.84 Å². The van der Waals surface area contributed by atoms with Crippen molar-refractivity contribution < 1.29 is 23.1 Å². The quantitative estimate of drug-likeness (QED) is 0.763. The van der Waals surface area contributed by atoms with E-state index in [0.29, 0.717) is 6.42 Å². The lowest BCUT2D eigenvalue weighted by atomic mass is 10.1. The first-order valence-corrected chi connectivity index (χ1v) is 8.06. The van der Waals surface area contributed by atoms with E-state index < -0.39 is 27.9 Å². The number of carbonyl (C=O) groups is 2. The summed E-state index contributed by atoms with van der Waals surface area (Å²) in [7, 11) is -3.07. The summed E-state index contributed by atoms with van der Waals surface area (Å²) in [5.41, 5.74) is 0. The van der Waals surface area contributed by atoms with Gasteiger partial charge in [0.25, 0.3) is 0 Å². The Labute approximate surface area is 112 Å². The van der Waals surface area contributed by atoms with Gasteiger partial charge in [-0.15, -0.1) is 0 Å². The molecule has 0 aromatic heterocycles. The Morgan fingerprint density at radius 3 is 2.58 bits per heavy atom. The van der Waals surface area contributed by atoms with Crippen LogP contribution in [-0.4, -0.2) is 60.6 Å². The third-order valence-electron chi connectivity index (χ3n) is 3.17. The van der Waals surface area contributed by atoms with Gasteiger partial charge in [0, 0.05) is 18.6 Å². The van der Waals surface area contributed by atoms with Crippen molar-refractivity contribution in [3.05, 3.63) is 0 Å². The Hall–Kier alpha value is -1.31. The summed E-state index contributed by atoms with van der Waals surface area (Å²) in [5.74, 6) is -1.06. The average Bonchev–Trinajstić information content (AvgIpc) is 2.25. The Bertz CT molecular complexity index is 448. The minimum absolute atomic E-state index is 0.0412. The third-order valence-corrected chi connectivity index (χ3v) is 4.97. The molecule has 2 atom stereocenters. The van der Waals surface area contributed by atoms with Crippen LogP contribution in [-0.2, 0) is 14.6 Å². The van der Waals surface area contributed by atoms with Crippen LogP contribution in [0.5, 0.6) is 0 Å². The zero-order valence-electron chi connectivity index (χ0n) is 11.1. The van der Waals surface area contributed by atoms with E-state index in [9.17, 15) is 18.0 Å². The number of carboxylic acid groups (broad SMARTS) is 1. The fourth-order valence-electron chi connectivity index (χ4n) is 2.07. The summed E-state index contributed by atoms with van der Waals surface area (Å²) < 4.78 is 22.8. The van der Waals surface area contributed by atoms with Gasteiger partial charge in [-0.2, -0.15) is 0 Å². The van der Waals surface area contributed by atoms with Crippen LogP contribution in [0.2, 0.25) is 0 Å². The van der Waals surface area contributed by atoms with Crippen LogP contribution < -0.4 is 5.32 Å². The molecule has 0 bridgehead atoms. The molecule has 1 fully saturated rings. The number of nitrogens with one attached hydrogen (secondary N) is 1. The molecule has 7 nitrogen and oxygen atoms in total. The van der Waals surface area contributed by atoms with Crippen molar-refractivity contribution in [2.75, 3.05) is 18.1 Å². The number of carboxylic acids is 1. The molecule has 2 unspecified atom stereocenters. The smallest absolute Gasteiger partial charge is 0.317 e. The summed E-state index contributed by atoms with van der Waals surface area (Å²) in [4.78, 5) is 24.1. The van der Waals surface area contributed by atoms with Gasteiger partial charge in [0.2, 0.25) is 0 Å². The van der Waals surface area contributed by atoms with Gasteiger partial charge in [-0.05, 0) is 13.3 Å². The summed E-state index contributed by atoms with van der Waals surface area (Å²) in [6, 6.07) is -1.22. The largest absolute Gasteiger partial charge is 0.481 e. The van der Waals surface area contributed by atoms with Crippen molar-refractivity contribution in [1.29, 1.82) is 0 Å². The molecule has 1 aliphatic rings. The Morgan fingerprint density at radius 2 is 2.11 bits per heavy atom. The minimum atomic E-state index is -3.07. The van der Waals surface area contributed by atoms with E-state index in [4.69, 9.17) is 5.11 Å². The number of aliphatic carboxylic acids is 1. The molecule has 0 aromatic carbocycles. The van der Waals surface area contributed by atoms with E-state index in [-0.39, 0.29) is 30.5 Å². The highest BCUT2D eigenvalue weighted by Gasteiger charge is 2.31. The predicted octanol–water partition coefficient (Wildman–Crippen LogP) is 0.0682. The molecule has 0 radical (unpaired) electrons. The second-order valence-corrected chi connectivity index (χ2v) is 7.04. The van der Waals surface area contributed by atoms with Crippen LogP contribution in [0.15, 0.2) is 0 Å². The van der Waals surface area contributed by atoms with Gasteiger partial charge in [-0.1, -0.05) is 6.92 Å². The van der Waals surface area contributed by atoms with Gasteiger partial charge in [0.05, 0.1) is 17.9 Å². The number of hydrogen-bond acceptors (Lipinski definition) is 4. The molecule has 1 rings (SSSR count). The first kappa shape index (κ1) is 15.7. The van der Waals surface area contributed by atoms with Crippen molar-refractivity contribution in [3.8, 4) is 0 Å². The van der Waals surface area contributed by atoms with Crippen LogP contribution in [0.4, 0.5) is 4.79 Å². The molecular weight excluding hydrogens is 272 g/mol. The van der Waals surface area contributed by atoms with Crippen molar-refractivity contribution >= 4 is 21.8 Å². The fourth-order valence-corrected chi connectivity index (χ4v) is 3.62. The molecule has 1 saturated heterocycles. The van der Waals surface area contributed by atoms with Crippen LogP contribution in [0.3, 0.4) is 0 Å². The second-order valence-electron chi connectivity index (χ2n) is 4.81. The lowest BCUT2D eigenvalue weighted by Gasteiger charge is -2.34. The van der Waals surface area contributed by atoms with Gasteiger partial charge in [-0.3, -0.25) is 4.79 Å². The summed E-state index contributed by atoms with van der Waals surface area (Å²) >= 11 is 0. The van der Waals surface area contributed by atoms with E-state index in [0.717, 1.165) is 0 Å². The summed E-state index contributed by atoms with van der Waals surface area (Å²) in [6.07, 6.45) is 0.376. The van der Waals surface area contributed by atoms with Crippen LogP contribution in [0, 0.1) is 0 Å². The monoisotopic (exact) mass is 292 g/mol. The number of rotatable bonds is 4. The normalized spacial score (nSPS) is 23.7. The lowest BCUT2D eigenvalue weighted by molar-refractivity contribution is -0.137. The van der Waals surface area contributed by atoms with E-state index in [1.807, 2.05) is 0 Å². The number of urea groups is 1. The van der Waals surface area contributed by atoms with Gasteiger partial charge < -0.3 is 15.3 Å². The topological polar surface area (TPSA) is 104 Å². The number of sulfone groups is 1. The standard InChI is InChI=1S/C11H20N2O5S/c1-3-9(6-10(14)15)12-11(16)13-4-5-19(17,18)7-8(13)2/h8-9H,3-7H2,1-2H3,(H,12,16)(H,14,15). The predicted molar refractivity (Wildman–Crippen MR) is 69.7 cm³/mol. The summed E-state index contributed by atoms with van der Waals surface area (Å²) in [5, 5.41) is 11.4. The highest BCUT2D eigenvalue weighted by molar-refractivity contribution is 7.91. The fraction of sp³-hybridized carbons (Fsp3) is 0.818. The van der Waals surface area contributed by atoms with E-state index in [1.165, 1.54) is 4.90 Å². The van der Waals surface area contributed by atoms with Crippen molar-refractivity contribution in [2.24, 2.45) is 0 Å².